The fourth-order valence-electron chi connectivity index (χ4n) is 1.93. The molecule has 0 aliphatic rings. The minimum absolute atomic E-state index is 0.394. The predicted molar refractivity (Wildman–Crippen MR) is 84.7 cm³/mol. The van der Waals surface area contributed by atoms with E-state index in [0.717, 1.165) is 16.8 Å². The van der Waals surface area contributed by atoms with Gasteiger partial charge in [0.05, 0.1) is 16.6 Å². The van der Waals surface area contributed by atoms with E-state index in [0.29, 0.717) is 13.1 Å². The Hall–Kier alpha value is -1.66. The average molecular weight is 307 g/mol. The Morgan fingerprint density at radius 3 is 2.52 bits per heavy atom. The highest BCUT2D eigenvalue weighted by Crippen LogP contribution is 2.21. The van der Waals surface area contributed by atoms with Crippen LogP contribution in [-0.2, 0) is 16.4 Å². The number of nitrogens with zero attached hydrogens (tertiary/aromatic N) is 1. The molecule has 0 saturated heterocycles. The zero-order chi connectivity index (χ0) is 15.5. The molecule has 0 atom stereocenters. The number of nitrogens with one attached hydrogen (secondary N) is 2. The van der Waals surface area contributed by atoms with Crippen molar-refractivity contribution in [3.8, 4) is 11.3 Å². The lowest BCUT2D eigenvalue weighted by Gasteiger charge is -2.22. The van der Waals surface area contributed by atoms with Crippen LogP contribution in [0.25, 0.3) is 11.3 Å². The first-order chi connectivity index (χ1) is 9.81. The van der Waals surface area contributed by atoms with Crippen LogP contribution in [0.1, 0.15) is 19.4 Å². The van der Waals surface area contributed by atoms with Crippen LogP contribution >= 0.6 is 0 Å². The molecule has 0 fully saturated rings. The number of benzene rings is 1. The lowest BCUT2D eigenvalue weighted by molar-refractivity contribution is 0.521. The molecule has 21 heavy (non-hydrogen) atoms. The first kappa shape index (κ1) is 15.7. The molecule has 2 aromatic rings. The van der Waals surface area contributed by atoms with Crippen LogP contribution in [0.2, 0.25) is 0 Å². The second-order valence-corrected chi connectivity index (χ2v) is 8.42. The summed E-state index contributed by atoms with van der Waals surface area (Å²) in [5.41, 5.74) is 3.04. The maximum Gasteiger partial charge on any atom is 0.153 e. The average Bonchev–Trinajstić information content (AvgIpc) is 2.86. The van der Waals surface area contributed by atoms with E-state index < -0.39 is 14.6 Å². The summed E-state index contributed by atoms with van der Waals surface area (Å²) >= 11 is 0. The first-order valence-corrected chi connectivity index (χ1v) is 8.68. The van der Waals surface area contributed by atoms with Crippen molar-refractivity contribution in [3.63, 3.8) is 0 Å². The minimum Gasteiger partial charge on any atom is -0.311 e. The van der Waals surface area contributed by atoms with E-state index in [4.69, 9.17) is 0 Å². The number of rotatable bonds is 6. The zero-order valence-electron chi connectivity index (χ0n) is 12.6. The van der Waals surface area contributed by atoms with E-state index in [1.807, 2.05) is 30.3 Å². The lowest BCUT2D eigenvalue weighted by Crippen LogP contribution is -2.41. The third kappa shape index (κ3) is 3.71. The molecule has 0 aliphatic carbocycles. The molecule has 6 heteroatoms. The quantitative estimate of drug-likeness (QED) is 0.856. The maximum atomic E-state index is 11.7. The third-order valence-electron chi connectivity index (χ3n) is 3.65. The van der Waals surface area contributed by atoms with Crippen molar-refractivity contribution in [2.24, 2.45) is 0 Å². The Kier molecular flexibility index (Phi) is 4.49. The molecule has 1 heterocycles. The van der Waals surface area contributed by atoms with Crippen LogP contribution in [0.3, 0.4) is 0 Å². The van der Waals surface area contributed by atoms with Gasteiger partial charge in [0.15, 0.2) is 9.84 Å². The van der Waals surface area contributed by atoms with Gasteiger partial charge in [-0.25, -0.2) is 8.42 Å². The highest BCUT2D eigenvalue weighted by Gasteiger charge is 2.29. The summed E-state index contributed by atoms with van der Waals surface area (Å²) in [5.74, 6) is 0. The van der Waals surface area contributed by atoms with Gasteiger partial charge in [-0.15, -0.1) is 0 Å². The highest BCUT2D eigenvalue weighted by molar-refractivity contribution is 7.92. The molecule has 5 nitrogen and oxygen atoms in total. The van der Waals surface area contributed by atoms with Gasteiger partial charge in [-0.1, -0.05) is 30.3 Å². The summed E-state index contributed by atoms with van der Waals surface area (Å²) in [4.78, 5) is 0. The van der Waals surface area contributed by atoms with Crippen LogP contribution in [-0.4, -0.2) is 36.2 Å². The molecule has 1 aromatic carbocycles. The van der Waals surface area contributed by atoms with Gasteiger partial charge in [-0.3, -0.25) is 5.10 Å². The van der Waals surface area contributed by atoms with E-state index in [1.54, 1.807) is 20.0 Å². The Morgan fingerprint density at radius 2 is 1.90 bits per heavy atom. The van der Waals surface area contributed by atoms with Crippen LogP contribution in [0.5, 0.6) is 0 Å². The lowest BCUT2D eigenvalue weighted by atomic mass is 10.1. The van der Waals surface area contributed by atoms with Crippen molar-refractivity contribution < 1.29 is 8.42 Å². The van der Waals surface area contributed by atoms with Gasteiger partial charge in [0.1, 0.15) is 0 Å². The fourth-order valence-corrected chi connectivity index (χ4v) is 2.29. The molecular weight excluding hydrogens is 286 g/mol. The smallest absolute Gasteiger partial charge is 0.153 e. The van der Waals surface area contributed by atoms with E-state index >= 15 is 0 Å². The molecule has 2 rings (SSSR count). The molecule has 0 amide bonds. The largest absolute Gasteiger partial charge is 0.311 e. The van der Waals surface area contributed by atoms with Crippen molar-refractivity contribution in [2.75, 3.05) is 12.8 Å². The van der Waals surface area contributed by atoms with Crippen molar-refractivity contribution in [2.45, 2.75) is 25.1 Å². The normalized spacial score (nSPS) is 12.5. The van der Waals surface area contributed by atoms with E-state index in [-0.39, 0.29) is 0 Å². The molecule has 0 unspecified atom stereocenters. The second-order valence-electron chi connectivity index (χ2n) is 5.77. The Labute approximate surface area is 125 Å². The molecule has 0 aliphatic heterocycles. The summed E-state index contributed by atoms with van der Waals surface area (Å²) < 4.78 is 22.6. The van der Waals surface area contributed by atoms with Gasteiger partial charge in [-0.05, 0) is 19.4 Å². The molecule has 2 N–H and O–H groups in total. The SMILES string of the molecule is CC(C)(CNCc1cn[nH]c1-c1ccccc1)S(C)(=O)=O. The van der Waals surface area contributed by atoms with Gasteiger partial charge in [0, 0.05) is 24.9 Å². The Morgan fingerprint density at radius 1 is 1.24 bits per heavy atom. The zero-order valence-corrected chi connectivity index (χ0v) is 13.4. The van der Waals surface area contributed by atoms with Gasteiger partial charge < -0.3 is 5.32 Å². The van der Waals surface area contributed by atoms with E-state index in [9.17, 15) is 8.42 Å². The second kappa shape index (κ2) is 5.99. The molecule has 114 valence electrons. The van der Waals surface area contributed by atoms with Crippen molar-refractivity contribution in [1.29, 1.82) is 0 Å². The Balaban J connectivity index is 2.05. The Bertz CT molecular complexity index is 691. The number of aromatic nitrogens is 2. The molecule has 0 bridgehead atoms. The standard InChI is InChI=1S/C15H21N3O2S/c1-15(2,21(3,19)20)11-16-9-13-10-17-18-14(13)12-7-5-4-6-8-12/h4-8,10,16H,9,11H2,1-3H3,(H,17,18). The first-order valence-electron chi connectivity index (χ1n) is 6.79. The summed E-state index contributed by atoms with van der Waals surface area (Å²) in [6.07, 6.45) is 3.03. The number of H-pyrrole nitrogens is 1. The van der Waals surface area contributed by atoms with Gasteiger partial charge in [0.2, 0.25) is 0 Å². The minimum atomic E-state index is -3.09. The van der Waals surface area contributed by atoms with Crippen LogP contribution in [0, 0.1) is 0 Å². The van der Waals surface area contributed by atoms with Crippen molar-refractivity contribution in [1.82, 2.24) is 15.5 Å². The summed E-state index contributed by atoms with van der Waals surface area (Å²) in [7, 11) is -3.09. The maximum absolute atomic E-state index is 11.7. The molecule has 0 radical (unpaired) electrons. The van der Waals surface area contributed by atoms with E-state index in [1.165, 1.54) is 6.26 Å². The van der Waals surface area contributed by atoms with Gasteiger partial charge in [-0.2, -0.15) is 5.10 Å². The highest BCUT2D eigenvalue weighted by atomic mass is 32.2. The van der Waals surface area contributed by atoms with Crippen LogP contribution in [0.15, 0.2) is 36.5 Å². The molecular formula is C15H21N3O2S. The monoisotopic (exact) mass is 307 g/mol. The number of hydrogen-bond donors (Lipinski definition) is 2. The molecule has 0 spiro atoms. The van der Waals surface area contributed by atoms with Crippen LogP contribution < -0.4 is 5.32 Å². The van der Waals surface area contributed by atoms with Crippen LogP contribution in [0.4, 0.5) is 0 Å². The topological polar surface area (TPSA) is 74.8 Å². The summed E-state index contributed by atoms with van der Waals surface area (Å²) in [6, 6.07) is 9.93. The van der Waals surface area contributed by atoms with Crippen molar-refractivity contribution >= 4 is 9.84 Å². The molecule has 0 saturated carbocycles. The van der Waals surface area contributed by atoms with Gasteiger partial charge >= 0.3 is 0 Å². The fraction of sp³-hybridized carbons (Fsp3) is 0.400. The summed E-state index contributed by atoms with van der Waals surface area (Å²) in [6.45, 7) is 4.41. The summed E-state index contributed by atoms with van der Waals surface area (Å²) in [5, 5.41) is 10.3. The predicted octanol–water partition coefficient (Wildman–Crippen LogP) is 1.99. The van der Waals surface area contributed by atoms with E-state index in [2.05, 4.69) is 15.5 Å². The number of aromatic amines is 1. The molecule has 1 aromatic heterocycles. The van der Waals surface area contributed by atoms with Crippen molar-refractivity contribution in [3.05, 3.63) is 42.1 Å². The third-order valence-corrected chi connectivity index (χ3v) is 5.80. The number of hydrogen-bond acceptors (Lipinski definition) is 4. The number of sulfone groups is 1. The van der Waals surface area contributed by atoms with Gasteiger partial charge in [0.25, 0.3) is 0 Å².